The lowest BCUT2D eigenvalue weighted by Crippen LogP contribution is -2.45. The number of rotatable bonds is 6. The number of carbonyl (C=O) groups excluding carboxylic acids is 1. The Kier molecular flexibility index (Phi) is 6.66. The van der Waals surface area contributed by atoms with Gasteiger partial charge in [0.25, 0.3) is 5.91 Å². The Balaban J connectivity index is 1.74. The summed E-state index contributed by atoms with van der Waals surface area (Å²) in [7, 11) is -3.72. The first-order valence-electron chi connectivity index (χ1n) is 9.63. The molecule has 156 valence electrons. The van der Waals surface area contributed by atoms with E-state index < -0.39 is 21.7 Å². The highest BCUT2D eigenvalue weighted by atomic mass is 32.2. The average molecular weight is 420 g/mol. The highest BCUT2D eigenvalue weighted by Gasteiger charge is 2.23. The van der Waals surface area contributed by atoms with Crippen molar-refractivity contribution < 1.29 is 17.6 Å². The van der Waals surface area contributed by atoms with Crippen molar-refractivity contribution >= 4 is 15.9 Å². The minimum Gasteiger partial charge on any atom is -0.316 e. The second kappa shape index (κ2) is 9.02. The molecule has 0 aliphatic carbocycles. The van der Waals surface area contributed by atoms with Gasteiger partial charge in [-0.3, -0.25) is 10.2 Å². The average Bonchev–Trinajstić information content (AvgIpc) is 2.68. The maximum absolute atomic E-state index is 14.6. The van der Waals surface area contributed by atoms with Crippen molar-refractivity contribution in [3.05, 3.63) is 58.9 Å². The van der Waals surface area contributed by atoms with Crippen LogP contribution in [0.3, 0.4) is 0 Å². The van der Waals surface area contributed by atoms with Crippen molar-refractivity contribution in [2.24, 2.45) is 5.92 Å². The molecular weight excluding hydrogens is 393 g/mol. The minimum absolute atomic E-state index is 0.0122. The number of nitrogens with one attached hydrogen (secondary N) is 3. The Bertz CT molecular complexity index is 1000. The quantitative estimate of drug-likeness (QED) is 0.629. The normalized spacial score (nSPS) is 17.1. The fourth-order valence-electron chi connectivity index (χ4n) is 3.54. The summed E-state index contributed by atoms with van der Waals surface area (Å²) in [4.78, 5) is 14.6. The maximum atomic E-state index is 14.6. The molecule has 1 aliphatic heterocycles. The minimum atomic E-state index is -3.72. The third kappa shape index (κ3) is 5.62. The molecule has 0 saturated carbocycles. The lowest BCUT2D eigenvalue weighted by molar-refractivity contribution is 0.0941. The molecule has 0 bridgehead atoms. The number of amides is 1. The van der Waals surface area contributed by atoms with Crippen LogP contribution >= 0.6 is 0 Å². The Morgan fingerprint density at radius 2 is 2.00 bits per heavy atom. The van der Waals surface area contributed by atoms with Crippen molar-refractivity contribution in [2.45, 2.75) is 26.7 Å². The third-order valence-corrected chi connectivity index (χ3v) is 6.35. The molecule has 29 heavy (non-hydrogen) atoms. The zero-order chi connectivity index (χ0) is 21.0. The van der Waals surface area contributed by atoms with Gasteiger partial charge in [0.2, 0.25) is 10.0 Å². The molecular formula is C21H26FN3O3S. The first-order valence-corrected chi connectivity index (χ1v) is 11.3. The van der Waals surface area contributed by atoms with Crippen LogP contribution in [0.5, 0.6) is 0 Å². The van der Waals surface area contributed by atoms with E-state index >= 15 is 0 Å². The smallest absolute Gasteiger partial charge is 0.269 e. The first-order chi connectivity index (χ1) is 13.7. The molecule has 8 heteroatoms. The fraction of sp³-hybridized carbons (Fsp3) is 0.381. The van der Waals surface area contributed by atoms with E-state index in [1.165, 1.54) is 6.07 Å². The molecule has 6 nitrogen and oxygen atoms in total. The number of sulfonamides is 1. The van der Waals surface area contributed by atoms with Gasteiger partial charge in [-0.15, -0.1) is 4.83 Å². The van der Waals surface area contributed by atoms with E-state index in [1.54, 1.807) is 13.0 Å². The highest BCUT2D eigenvalue weighted by Crippen LogP contribution is 2.25. The SMILES string of the molecule is Cc1cccc(-c2cc(C)c(F)c(C(=O)NNS(=O)(=O)CC3CCCNC3)c2)c1. The summed E-state index contributed by atoms with van der Waals surface area (Å²) in [5.74, 6) is -1.60. The van der Waals surface area contributed by atoms with Crippen LogP contribution in [0.25, 0.3) is 11.1 Å². The molecule has 0 radical (unpaired) electrons. The Hall–Kier alpha value is -2.29. The molecule has 1 heterocycles. The van der Waals surface area contributed by atoms with Gasteiger partial charge < -0.3 is 5.32 Å². The number of hydrogen-bond acceptors (Lipinski definition) is 4. The third-order valence-electron chi connectivity index (χ3n) is 5.02. The summed E-state index contributed by atoms with van der Waals surface area (Å²) >= 11 is 0. The van der Waals surface area contributed by atoms with Gasteiger partial charge in [-0.25, -0.2) is 12.8 Å². The lowest BCUT2D eigenvalue weighted by atomic mass is 9.98. The maximum Gasteiger partial charge on any atom is 0.269 e. The second-order valence-electron chi connectivity index (χ2n) is 7.57. The van der Waals surface area contributed by atoms with Gasteiger partial charge in [-0.05, 0) is 74.5 Å². The van der Waals surface area contributed by atoms with E-state index in [-0.39, 0.29) is 17.2 Å². The number of aryl methyl sites for hydroxylation is 2. The monoisotopic (exact) mass is 419 g/mol. The Labute approximate surface area is 170 Å². The molecule has 1 aliphatic rings. The van der Waals surface area contributed by atoms with Gasteiger partial charge in [-0.2, -0.15) is 0 Å². The Morgan fingerprint density at radius 3 is 2.69 bits per heavy atom. The standard InChI is InChI=1S/C21H26FN3O3S/c1-14-5-3-7-17(9-14)18-10-15(2)20(22)19(11-18)21(26)24-25-29(27,28)13-16-6-4-8-23-12-16/h3,5,7,9-11,16,23,25H,4,6,8,12-13H2,1-2H3,(H,24,26). The lowest BCUT2D eigenvalue weighted by Gasteiger charge is -2.22. The number of hydrogen-bond donors (Lipinski definition) is 3. The van der Waals surface area contributed by atoms with Crippen LogP contribution in [0.4, 0.5) is 4.39 Å². The number of carbonyl (C=O) groups is 1. The molecule has 0 aromatic heterocycles. The molecule has 3 N–H and O–H groups in total. The van der Waals surface area contributed by atoms with E-state index in [1.807, 2.05) is 31.2 Å². The molecule has 1 amide bonds. The van der Waals surface area contributed by atoms with Crippen LogP contribution in [0.1, 0.15) is 34.3 Å². The van der Waals surface area contributed by atoms with Crippen molar-refractivity contribution in [2.75, 3.05) is 18.8 Å². The molecule has 0 spiro atoms. The zero-order valence-corrected chi connectivity index (χ0v) is 17.4. The van der Waals surface area contributed by atoms with Gasteiger partial charge in [0.1, 0.15) is 5.82 Å². The molecule has 1 unspecified atom stereocenters. The Morgan fingerprint density at radius 1 is 1.21 bits per heavy atom. The fourth-order valence-corrected chi connectivity index (χ4v) is 4.77. The van der Waals surface area contributed by atoms with Gasteiger partial charge in [0.05, 0.1) is 11.3 Å². The van der Waals surface area contributed by atoms with Crippen molar-refractivity contribution in [3.63, 3.8) is 0 Å². The summed E-state index contributed by atoms with van der Waals surface area (Å²) < 4.78 is 39.1. The second-order valence-corrected chi connectivity index (χ2v) is 9.34. The van der Waals surface area contributed by atoms with Crippen LogP contribution in [0.15, 0.2) is 36.4 Å². The van der Waals surface area contributed by atoms with Gasteiger partial charge in [0, 0.05) is 0 Å². The van der Waals surface area contributed by atoms with Crippen LogP contribution < -0.4 is 15.6 Å². The van der Waals surface area contributed by atoms with Gasteiger partial charge in [0.15, 0.2) is 0 Å². The molecule has 2 aromatic rings. The van der Waals surface area contributed by atoms with E-state index in [0.717, 1.165) is 30.5 Å². The summed E-state index contributed by atoms with van der Waals surface area (Å²) in [5, 5.41) is 3.16. The van der Waals surface area contributed by atoms with Crippen LogP contribution in [0.2, 0.25) is 0 Å². The van der Waals surface area contributed by atoms with Crippen LogP contribution in [0, 0.1) is 25.6 Å². The van der Waals surface area contributed by atoms with Gasteiger partial charge >= 0.3 is 0 Å². The van der Waals surface area contributed by atoms with Crippen molar-refractivity contribution in [3.8, 4) is 11.1 Å². The van der Waals surface area contributed by atoms with E-state index in [4.69, 9.17) is 0 Å². The zero-order valence-electron chi connectivity index (χ0n) is 16.6. The van der Waals surface area contributed by atoms with Crippen molar-refractivity contribution in [1.82, 2.24) is 15.6 Å². The predicted molar refractivity (Wildman–Crippen MR) is 111 cm³/mol. The number of piperidine rings is 1. The van der Waals surface area contributed by atoms with Crippen LogP contribution in [-0.4, -0.2) is 33.2 Å². The topological polar surface area (TPSA) is 87.3 Å². The first kappa shape index (κ1) is 21.4. The molecule has 3 rings (SSSR count). The van der Waals surface area contributed by atoms with E-state index in [0.29, 0.717) is 17.7 Å². The molecule has 1 fully saturated rings. The summed E-state index contributed by atoms with van der Waals surface area (Å²) in [6.07, 6.45) is 1.73. The molecule has 1 atom stereocenters. The summed E-state index contributed by atoms with van der Waals surface area (Å²) in [5.41, 5.74) is 4.84. The summed E-state index contributed by atoms with van der Waals surface area (Å²) in [6.45, 7) is 5.04. The largest absolute Gasteiger partial charge is 0.316 e. The number of hydrazine groups is 1. The van der Waals surface area contributed by atoms with Crippen molar-refractivity contribution in [1.29, 1.82) is 0 Å². The number of benzene rings is 2. The van der Waals surface area contributed by atoms with Gasteiger partial charge in [-0.1, -0.05) is 29.8 Å². The number of halogens is 1. The molecule has 2 aromatic carbocycles. The van der Waals surface area contributed by atoms with E-state index in [2.05, 4.69) is 15.6 Å². The highest BCUT2D eigenvalue weighted by molar-refractivity contribution is 7.89. The predicted octanol–water partition coefficient (Wildman–Crippen LogP) is 2.67. The van der Waals surface area contributed by atoms with E-state index in [9.17, 15) is 17.6 Å². The summed E-state index contributed by atoms with van der Waals surface area (Å²) in [6, 6.07) is 10.8. The molecule has 1 saturated heterocycles. The van der Waals surface area contributed by atoms with Crippen LogP contribution in [-0.2, 0) is 10.0 Å².